The molecule has 1 aromatic carbocycles. The predicted octanol–water partition coefficient (Wildman–Crippen LogP) is -2.58. The van der Waals surface area contributed by atoms with Crippen molar-refractivity contribution in [2.45, 2.75) is 67.8 Å². The fourth-order valence-electron chi connectivity index (χ4n) is 3.55. The van der Waals surface area contributed by atoms with Gasteiger partial charge in [0, 0.05) is 0 Å². The van der Waals surface area contributed by atoms with Crippen LogP contribution >= 0.6 is 0 Å². The van der Waals surface area contributed by atoms with Gasteiger partial charge in [0.15, 0.2) is 6.29 Å². The molecule has 32 heavy (non-hydrogen) atoms. The van der Waals surface area contributed by atoms with Crippen LogP contribution in [0.1, 0.15) is 5.56 Å². The Morgan fingerprint density at radius 1 is 0.781 bits per heavy atom. The van der Waals surface area contributed by atoms with Crippen molar-refractivity contribution in [3.63, 3.8) is 0 Å². The van der Waals surface area contributed by atoms with Crippen molar-refractivity contribution < 1.29 is 54.7 Å². The third-order valence-corrected chi connectivity index (χ3v) is 5.50. The first kappa shape index (κ1) is 25.0. The predicted molar refractivity (Wildman–Crippen MR) is 107 cm³/mol. The molecule has 2 heterocycles. The molecular formula is C21H30O11. The van der Waals surface area contributed by atoms with Crippen molar-refractivity contribution in [3.8, 4) is 5.75 Å². The van der Waals surface area contributed by atoms with Gasteiger partial charge in [-0.2, -0.15) is 0 Å². The highest BCUT2D eigenvalue weighted by molar-refractivity contribution is 5.28. The minimum Gasteiger partial charge on any atom is -0.462 e. The molecule has 0 aromatic heterocycles. The lowest BCUT2D eigenvalue weighted by atomic mass is 9.98. The molecule has 0 saturated carbocycles. The molecule has 0 radical (unpaired) electrons. The van der Waals surface area contributed by atoms with Crippen molar-refractivity contribution >= 4 is 0 Å². The van der Waals surface area contributed by atoms with Gasteiger partial charge in [-0.3, -0.25) is 0 Å². The van der Waals surface area contributed by atoms with Crippen LogP contribution in [0.4, 0.5) is 0 Å². The van der Waals surface area contributed by atoms with Gasteiger partial charge in [-0.15, -0.1) is 6.58 Å². The monoisotopic (exact) mass is 458 g/mol. The maximum absolute atomic E-state index is 10.3. The Balaban J connectivity index is 1.62. The highest BCUT2D eigenvalue weighted by Crippen LogP contribution is 2.27. The van der Waals surface area contributed by atoms with Crippen LogP contribution in [-0.2, 0) is 20.6 Å². The Morgan fingerprint density at radius 2 is 1.34 bits per heavy atom. The fourth-order valence-corrected chi connectivity index (χ4v) is 3.55. The third kappa shape index (κ3) is 5.46. The van der Waals surface area contributed by atoms with E-state index >= 15 is 0 Å². The zero-order valence-electron chi connectivity index (χ0n) is 17.3. The maximum Gasteiger partial charge on any atom is 0.229 e. The van der Waals surface area contributed by atoms with E-state index < -0.39 is 74.6 Å². The summed E-state index contributed by atoms with van der Waals surface area (Å²) < 4.78 is 21.8. The summed E-state index contributed by atoms with van der Waals surface area (Å²) in [4.78, 5) is 0. The first-order valence-corrected chi connectivity index (χ1v) is 10.2. The SMILES string of the molecule is C=CCc1ccc(O[C@@H]2O[C@@H](CO[C@H]3O[C@@H](CO)[C@@H](O)[C@@H](O)[C@H]3O)[C@@H](O)[C@@H](O)[C@H]2O)cc1. The van der Waals surface area contributed by atoms with Gasteiger partial charge in [-0.25, -0.2) is 0 Å². The molecule has 0 spiro atoms. The summed E-state index contributed by atoms with van der Waals surface area (Å²) in [5, 5.41) is 69.7. The van der Waals surface area contributed by atoms with Gasteiger partial charge in [-0.1, -0.05) is 18.2 Å². The molecule has 2 saturated heterocycles. The molecule has 11 heteroatoms. The highest BCUT2D eigenvalue weighted by atomic mass is 16.7. The van der Waals surface area contributed by atoms with Gasteiger partial charge in [0.1, 0.15) is 54.6 Å². The van der Waals surface area contributed by atoms with Crippen molar-refractivity contribution in [2.24, 2.45) is 0 Å². The van der Waals surface area contributed by atoms with E-state index in [2.05, 4.69) is 6.58 Å². The van der Waals surface area contributed by atoms with Crippen LogP contribution in [0.15, 0.2) is 36.9 Å². The summed E-state index contributed by atoms with van der Waals surface area (Å²) in [6.07, 6.45) is -12.2. The summed E-state index contributed by atoms with van der Waals surface area (Å²) >= 11 is 0. The van der Waals surface area contributed by atoms with E-state index in [9.17, 15) is 35.7 Å². The lowest BCUT2D eigenvalue weighted by Gasteiger charge is -2.42. The number of rotatable bonds is 8. The average molecular weight is 458 g/mol. The van der Waals surface area contributed by atoms with Crippen LogP contribution in [0.2, 0.25) is 0 Å². The summed E-state index contributed by atoms with van der Waals surface area (Å²) in [6, 6.07) is 6.92. The molecule has 180 valence electrons. The Kier molecular flexibility index (Phi) is 8.58. The Labute approximate surface area is 184 Å². The number of ether oxygens (including phenoxy) is 4. The topological polar surface area (TPSA) is 179 Å². The lowest BCUT2D eigenvalue weighted by molar-refractivity contribution is -0.323. The van der Waals surface area contributed by atoms with Gasteiger partial charge < -0.3 is 54.7 Å². The first-order chi connectivity index (χ1) is 15.3. The van der Waals surface area contributed by atoms with E-state index in [1.807, 2.05) is 0 Å². The third-order valence-electron chi connectivity index (χ3n) is 5.50. The number of hydrogen-bond donors (Lipinski definition) is 7. The Morgan fingerprint density at radius 3 is 1.94 bits per heavy atom. The molecular weight excluding hydrogens is 428 g/mol. The van der Waals surface area contributed by atoms with Gasteiger partial charge in [-0.05, 0) is 24.1 Å². The van der Waals surface area contributed by atoms with Crippen LogP contribution in [0.3, 0.4) is 0 Å². The van der Waals surface area contributed by atoms with Crippen LogP contribution < -0.4 is 4.74 Å². The quantitative estimate of drug-likeness (QED) is 0.203. The molecule has 0 bridgehead atoms. The molecule has 0 unspecified atom stereocenters. The second-order valence-electron chi connectivity index (χ2n) is 7.80. The molecule has 2 aliphatic heterocycles. The fraction of sp³-hybridized carbons (Fsp3) is 0.619. The number of allylic oxidation sites excluding steroid dienone is 1. The molecule has 0 aliphatic carbocycles. The molecule has 2 aliphatic rings. The first-order valence-electron chi connectivity index (χ1n) is 10.2. The van der Waals surface area contributed by atoms with Crippen molar-refractivity contribution in [1.29, 1.82) is 0 Å². The minimum absolute atomic E-state index is 0.360. The summed E-state index contributed by atoms with van der Waals surface area (Å²) in [5.74, 6) is 0.360. The van der Waals surface area contributed by atoms with Crippen LogP contribution in [0, 0.1) is 0 Å². The largest absolute Gasteiger partial charge is 0.462 e. The van der Waals surface area contributed by atoms with Gasteiger partial charge in [0.05, 0.1) is 13.2 Å². The van der Waals surface area contributed by atoms with E-state index in [1.54, 1.807) is 30.3 Å². The molecule has 3 rings (SSSR count). The summed E-state index contributed by atoms with van der Waals surface area (Å²) in [5.41, 5.74) is 0.999. The second-order valence-corrected chi connectivity index (χ2v) is 7.80. The molecule has 1 aromatic rings. The average Bonchev–Trinajstić information content (AvgIpc) is 2.79. The maximum atomic E-state index is 10.3. The van der Waals surface area contributed by atoms with E-state index in [0.717, 1.165) is 5.56 Å². The second kappa shape index (κ2) is 11.0. The Hall–Kier alpha value is -1.64. The number of aliphatic hydroxyl groups excluding tert-OH is 7. The van der Waals surface area contributed by atoms with Crippen LogP contribution in [0.5, 0.6) is 5.75 Å². The lowest BCUT2D eigenvalue weighted by Crippen LogP contribution is -2.62. The minimum atomic E-state index is -1.63. The number of aliphatic hydroxyl groups is 7. The molecule has 11 nitrogen and oxygen atoms in total. The number of hydrogen-bond acceptors (Lipinski definition) is 11. The van der Waals surface area contributed by atoms with Gasteiger partial charge in [0.25, 0.3) is 0 Å². The Bertz CT molecular complexity index is 727. The molecule has 7 N–H and O–H groups in total. The molecule has 10 atom stereocenters. The van der Waals surface area contributed by atoms with Crippen molar-refractivity contribution in [3.05, 3.63) is 42.5 Å². The van der Waals surface area contributed by atoms with E-state index in [-0.39, 0.29) is 0 Å². The standard InChI is InChI=1S/C21H30O11/c1-2-3-10-4-6-11(7-5-10)30-21-19(28)17(26)15(24)13(32-21)9-29-20-18(27)16(25)14(23)12(8-22)31-20/h2,4-7,12-28H,1,3,8-9H2/t12-,13-,14+,15+,16+,17+,18+,19+,20-,21+/m0/s1. The normalized spacial score (nSPS) is 40.1. The number of benzene rings is 1. The zero-order chi connectivity index (χ0) is 23.4. The van der Waals surface area contributed by atoms with Gasteiger partial charge in [0.2, 0.25) is 6.29 Å². The summed E-state index contributed by atoms with van der Waals surface area (Å²) in [6.45, 7) is 2.62. The van der Waals surface area contributed by atoms with Crippen LogP contribution in [0.25, 0.3) is 0 Å². The van der Waals surface area contributed by atoms with Crippen molar-refractivity contribution in [2.75, 3.05) is 13.2 Å². The van der Waals surface area contributed by atoms with E-state index in [0.29, 0.717) is 12.2 Å². The van der Waals surface area contributed by atoms with Crippen LogP contribution in [-0.4, -0.2) is 110 Å². The smallest absolute Gasteiger partial charge is 0.229 e. The zero-order valence-corrected chi connectivity index (χ0v) is 17.3. The van der Waals surface area contributed by atoms with E-state index in [1.165, 1.54) is 0 Å². The van der Waals surface area contributed by atoms with E-state index in [4.69, 9.17) is 18.9 Å². The molecule has 2 fully saturated rings. The summed E-state index contributed by atoms with van der Waals surface area (Å²) in [7, 11) is 0. The highest BCUT2D eigenvalue weighted by Gasteiger charge is 2.47. The molecule has 0 amide bonds. The van der Waals surface area contributed by atoms with Crippen molar-refractivity contribution in [1.82, 2.24) is 0 Å². The van der Waals surface area contributed by atoms with Gasteiger partial charge >= 0.3 is 0 Å².